The second kappa shape index (κ2) is 7.28. The lowest BCUT2D eigenvalue weighted by Gasteiger charge is -2.61. The molecule has 0 aromatic heterocycles. The first-order valence-corrected chi connectivity index (χ1v) is 13.1. The van der Waals surface area contributed by atoms with E-state index in [1.54, 1.807) is 51.4 Å². The van der Waals surface area contributed by atoms with Crippen LogP contribution in [0.25, 0.3) is 0 Å². The lowest BCUT2D eigenvalue weighted by molar-refractivity contribution is -0.114. The second-order valence-corrected chi connectivity index (χ2v) is 12.0. The Kier molecular flexibility index (Phi) is 5.55. The van der Waals surface area contributed by atoms with Gasteiger partial charge >= 0.3 is 0 Å². The standard InChI is InChI=1S/C24H41I/c1-17(7-6-16-25)20-11-12-21-19-10-9-18-8-4-5-14-23(18,2)22(19)13-15-24(20,21)3/h17-22H,4-16H2,1-3H3/t17-,18+,19-,20+,21-,22-,23-,24+/m0/s1. The lowest BCUT2D eigenvalue weighted by atomic mass is 9.44. The van der Waals surface area contributed by atoms with Crippen LogP contribution in [0.1, 0.15) is 97.8 Å². The molecule has 0 unspecified atom stereocenters. The zero-order chi connectivity index (χ0) is 17.7. The Hall–Kier alpha value is 0.730. The summed E-state index contributed by atoms with van der Waals surface area (Å²) in [5.74, 6) is 6.29. The first-order chi connectivity index (χ1) is 12.0. The van der Waals surface area contributed by atoms with E-state index in [0.29, 0.717) is 10.8 Å². The number of halogens is 1. The molecule has 0 aromatic rings. The molecule has 0 amide bonds. The number of hydrogen-bond donors (Lipinski definition) is 0. The molecule has 1 heteroatoms. The van der Waals surface area contributed by atoms with Gasteiger partial charge in [0.2, 0.25) is 0 Å². The zero-order valence-corrected chi connectivity index (χ0v) is 19.2. The molecule has 0 saturated heterocycles. The van der Waals surface area contributed by atoms with Crippen molar-refractivity contribution in [3.8, 4) is 0 Å². The molecule has 0 N–H and O–H groups in total. The van der Waals surface area contributed by atoms with Gasteiger partial charge in [0, 0.05) is 0 Å². The van der Waals surface area contributed by atoms with Crippen LogP contribution < -0.4 is 0 Å². The molecule has 4 aliphatic carbocycles. The highest BCUT2D eigenvalue weighted by atomic mass is 127. The van der Waals surface area contributed by atoms with E-state index in [1.807, 2.05) is 0 Å². The molecule has 0 heterocycles. The van der Waals surface area contributed by atoms with Crippen LogP contribution in [-0.4, -0.2) is 4.43 Å². The molecule has 4 fully saturated rings. The molecule has 0 aliphatic heterocycles. The third-order valence-corrected chi connectivity index (χ3v) is 10.9. The summed E-state index contributed by atoms with van der Waals surface area (Å²) in [4.78, 5) is 0. The van der Waals surface area contributed by atoms with E-state index in [2.05, 4.69) is 43.4 Å². The minimum Gasteiger partial charge on any atom is -0.0864 e. The van der Waals surface area contributed by atoms with Crippen LogP contribution >= 0.6 is 22.6 Å². The Bertz CT molecular complexity index is 473. The Morgan fingerprint density at radius 2 is 1.68 bits per heavy atom. The normalized spacial score (nSPS) is 50.6. The topological polar surface area (TPSA) is 0 Å². The van der Waals surface area contributed by atoms with Gasteiger partial charge in [-0.1, -0.05) is 56.2 Å². The van der Waals surface area contributed by atoms with Gasteiger partial charge in [-0.3, -0.25) is 0 Å². The van der Waals surface area contributed by atoms with Crippen molar-refractivity contribution in [2.75, 3.05) is 4.43 Å². The predicted octanol–water partition coefficient (Wildman–Crippen LogP) is 7.89. The molecule has 4 saturated carbocycles. The summed E-state index contributed by atoms with van der Waals surface area (Å²) >= 11 is 2.57. The van der Waals surface area contributed by atoms with Crippen molar-refractivity contribution in [3.05, 3.63) is 0 Å². The Balaban J connectivity index is 1.53. The fourth-order valence-corrected chi connectivity index (χ4v) is 9.31. The molecule has 0 spiro atoms. The molecular weight excluding hydrogens is 415 g/mol. The third kappa shape index (κ3) is 3.05. The fourth-order valence-electron chi connectivity index (χ4n) is 8.87. The van der Waals surface area contributed by atoms with Crippen LogP contribution in [0.4, 0.5) is 0 Å². The maximum Gasteiger partial charge on any atom is -0.000463 e. The van der Waals surface area contributed by atoms with Gasteiger partial charge in [-0.15, -0.1) is 0 Å². The van der Waals surface area contributed by atoms with E-state index in [9.17, 15) is 0 Å². The van der Waals surface area contributed by atoms with Crippen LogP contribution in [0.5, 0.6) is 0 Å². The fraction of sp³-hybridized carbons (Fsp3) is 1.00. The van der Waals surface area contributed by atoms with E-state index >= 15 is 0 Å². The summed E-state index contributed by atoms with van der Waals surface area (Å²) in [6.07, 6.45) is 18.5. The molecule has 0 bridgehead atoms. The van der Waals surface area contributed by atoms with Crippen LogP contribution in [0.3, 0.4) is 0 Å². The molecule has 25 heavy (non-hydrogen) atoms. The third-order valence-electron chi connectivity index (χ3n) is 10.1. The van der Waals surface area contributed by atoms with Gasteiger partial charge in [0.15, 0.2) is 0 Å². The summed E-state index contributed by atoms with van der Waals surface area (Å²) in [6, 6.07) is 0. The predicted molar refractivity (Wildman–Crippen MR) is 117 cm³/mol. The first-order valence-electron chi connectivity index (χ1n) is 11.6. The van der Waals surface area contributed by atoms with Gasteiger partial charge < -0.3 is 0 Å². The number of fused-ring (bicyclic) bond motifs is 5. The van der Waals surface area contributed by atoms with Crippen molar-refractivity contribution in [3.63, 3.8) is 0 Å². The summed E-state index contributed by atoms with van der Waals surface area (Å²) in [6.45, 7) is 8.06. The van der Waals surface area contributed by atoms with E-state index in [0.717, 1.165) is 35.5 Å². The van der Waals surface area contributed by atoms with Crippen molar-refractivity contribution in [2.45, 2.75) is 97.8 Å². The summed E-state index contributed by atoms with van der Waals surface area (Å²) in [7, 11) is 0. The summed E-state index contributed by atoms with van der Waals surface area (Å²) in [5.41, 5.74) is 1.40. The maximum absolute atomic E-state index is 2.74. The van der Waals surface area contributed by atoms with Gasteiger partial charge in [0.05, 0.1) is 0 Å². The molecule has 4 aliphatic rings. The van der Waals surface area contributed by atoms with Crippen molar-refractivity contribution >= 4 is 22.6 Å². The minimum atomic E-state index is 0.684. The second-order valence-electron chi connectivity index (χ2n) is 10.9. The molecule has 0 radical (unpaired) electrons. The lowest BCUT2D eigenvalue weighted by Crippen LogP contribution is -2.53. The molecule has 4 rings (SSSR count). The highest BCUT2D eigenvalue weighted by Crippen LogP contribution is 2.68. The van der Waals surface area contributed by atoms with Crippen molar-refractivity contribution < 1.29 is 0 Å². The molecular formula is C24H41I. The quantitative estimate of drug-likeness (QED) is 0.298. The minimum absolute atomic E-state index is 0.684. The van der Waals surface area contributed by atoms with Crippen molar-refractivity contribution in [2.24, 2.45) is 46.3 Å². The highest BCUT2D eigenvalue weighted by molar-refractivity contribution is 14.1. The zero-order valence-electron chi connectivity index (χ0n) is 17.0. The van der Waals surface area contributed by atoms with Crippen LogP contribution in [0.2, 0.25) is 0 Å². The number of hydrogen-bond acceptors (Lipinski definition) is 0. The SMILES string of the molecule is C[C@@H](CCCI)[C@H]1CC[C@H]2[C@@H]3CC[C@H]4CCCC[C@]4(C)[C@H]3CC[C@]12C. The van der Waals surface area contributed by atoms with E-state index < -0.39 is 0 Å². The number of rotatable bonds is 4. The summed E-state index contributed by atoms with van der Waals surface area (Å²) < 4.78 is 1.35. The van der Waals surface area contributed by atoms with Crippen LogP contribution in [0, 0.1) is 46.3 Å². The van der Waals surface area contributed by atoms with Crippen molar-refractivity contribution in [1.29, 1.82) is 0 Å². The van der Waals surface area contributed by atoms with Gasteiger partial charge in [-0.05, 0) is 115 Å². The van der Waals surface area contributed by atoms with Gasteiger partial charge in [0.25, 0.3) is 0 Å². The largest absolute Gasteiger partial charge is 0.0864 e. The smallest absolute Gasteiger partial charge is 0.000463 e. The van der Waals surface area contributed by atoms with E-state index in [1.165, 1.54) is 30.1 Å². The maximum atomic E-state index is 2.74. The van der Waals surface area contributed by atoms with Crippen LogP contribution in [0.15, 0.2) is 0 Å². The average molecular weight is 456 g/mol. The molecule has 0 aromatic carbocycles. The first kappa shape index (κ1) is 19.1. The van der Waals surface area contributed by atoms with E-state index in [4.69, 9.17) is 0 Å². The summed E-state index contributed by atoms with van der Waals surface area (Å²) in [5, 5.41) is 0. The number of alkyl halides is 1. The van der Waals surface area contributed by atoms with Gasteiger partial charge in [0.1, 0.15) is 0 Å². The average Bonchev–Trinajstić information content (AvgIpc) is 2.96. The Labute approximate surface area is 170 Å². The van der Waals surface area contributed by atoms with Gasteiger partial charge in [-0.25, -0.2) is 0 Å². The molecule has 0 nitrogen and oxygen atoms in total. The highest BCUT2D eigenvalue weighted by Gasteiger charge is 2.59. The Morgan fingerprint density at radius 3 is 2.48 bits per heavy atom. The van der Waals surface area contributed by atoms with Gasteiger partial charge in [-0.2, -0.15) is 0 Å². The molecule has 8 atom stereocenters. The van der Waals surface area contributed by atoms with E-state index in [-0.39, 0.29) is 0 Å². The van der Waals surface area contributed by atoms with Crippen molar-refractivity contribution in [1.82, 2.24) is 0 Å². The monoisotopic (exact) mass is 456 g/mol. The Morgan fingerprint density at radius 1 is 0.880 bits per heavy atom. The van der Waals surface area contributed by atoms with Crippen LogP contribution in [-0.2, 0) is 0 Å². The molecule has 144 valence electrons.